The predicted molar refractivity (Wildman–Crippen MR) is 51.6 cm³/mol. The van der Waals surface area contributed by atoms with Gasteiger partial charge in [-0.05, 0) is 12.0 Å². The maximum Gasteiger partial charge on any atom is 0.218 e. The average Bonchev–Trinajstić information content (AvgIpc) is 1.89. The van der Waals surface area contributed by atoms with Crippen LogP contribution in [-0.4, -0.2) is 38.3 Å². The van der Waals surface area contributed by atoms with E-state index in [1.165, 1.54) is 23.9 Å². The van der Waals surface area contributed by atoms with Crippen molar-refractivity contribution < 1.29 is 8.98 Å². The van der Waals surface area contributed by atoms with Gasteiger partial charge in [0.25, 0.3) is 0 Å². The number of carbonyl (C=O) groups excluding carboxylic acids is 1. The zero-order chi connectivity index (χ0) is 8.57. The molecule has 0 bridgehead atoms. The molecule has 0 rings (SSSR count). The topological polar surface area (TPSA) is 29.5 Å². The molecule has 4 heteroatoms. The highest BCUT2D eigenvalue weighted by atomic mass is 32.2. The quantitative estimate of drug-likeness (QED) is 0.576. The number of carbonyl (C=O) groups is 1. The Labute approximate surface area is 74.3 Å². The Balaban J connectivity index is -0.000000114. The van der Waals surface area contributed by atoms with Crippen LogP contribution in [0.5, 0.6) is 0 Å². The lowest BCUT2D eigenvalue weighted by Gasteiger charge is -2.02. The summed E-state index contributed by atoms with van der Waals surface area (Å²) in [4.78, 5) is 11.6. The molecule has 0 heterocycles. The predicted octanol–water partition coefficient (Wildman–Crippen LogP) is 1.64. The molecule has 0 radical (unpaired) electrons. The molecule has 0 atom stereocenters. The van der Waals surface area contributed by atoms with E-state index in [0.29, 0.717) is 0 Å². The summed E-state index contributed by atoms with van der Waals surface area (Å²) in [5, 5.41) is 0. The van der Waals surface area contributed by atoms with Crippen LogP contribution in [0, 0.1) is 0 Å². The van der Waals surface area contributed by atoms with Crippen LogP contribution >= 0.6 is 12.0 Å². The Bertz CT molecular complexity index is 84.5. The van der Waals surface area contributed by atoms with Crippen LogP contribution in [0.1, 0.15) is 14.4 Å². The number of rotatable bonds is 1. The third-order valence-electron chi connectivity index (χ3n) is 0.796. The summed E-state index contributed by atoms with van der Waals surface area (Å²) in [5.41, 5.74) is 0. The first-order chi connectivity index (χ1) is 4.56. The van der Waals surface area contributed by atoms with Gasteiger partial charge >= 0.3 is 0 Å². The molecule has 0 saturated carbocycles. The van der Waals surface area contributed by atoms with E-state index in [1.807, 2.05) is 6.26 Å². The highest BCUT2D eigenvalue weighted by molar-refractivity contribution is 7.93. The lowest BCUT2D eigenvalue weighted by Crippen LogP contribution is -2.17. The molecule has 0 saturated heterocycles. The van der Waals surface area contributed by atoms with E-state index in [1.54, 1.807) is 21.2 Å². The standard InChI is InChI=1S/C4H9NO.C2H6OS.CH4/c1-4(6)5(2)3;1-3-4-2;/h1-3H3;1-2H3;1H4. The van der Waals surface area contributed by atoms with E-state index in [-0.39, 0.29) is 13.3 Å². The number of amides is 1. The first-order valence-electron chi connectivity index (χ1n) is 2.81. The maximum atomic E-state index is 10.1. The highest BCUT2D eigenvalue weighted by Crippen LogP contribution is 1.84. The van der Waals surface area contributed by atoms with Crippen molar-refractivity contribution >= 4 is 17.9 Å². The van der Waals surface area contributed by atoms with Gasteiger partial charge < -0.3 is 9.08 Å². The molecule has 11 heavy (non-hydrogen) atoms. The fourth-order valence-corrected chi connectivity index (χ4v) is 0. The Kier molecular flexibility index (Phi) is 19.3. The molecule has 0 fully saturated rings. The Morgan fingerprint density at radius 1 is 1.45 bits per heavy atom. The summed E-state index contributed by atoms with van der Waals surface area (Å²) in [5.74, 6) is 0.0926. The molecular weight excluding hydrogens is 162 g/mol. The largest absolute Gasteiger partial charge is 0.349 e. The van der Waals surface area contributed by atoms with Crippen molar-refractivity contribution in [3.8, 4) is 0 Å². The zero-order valence-corrected chi connectivity index (χ0v) is 7.99. The fourth-order valence-electron chi connectivity index (χ4n) is 0. The van der Waals surface area contributed by atoms with E-state index in [2.05, 4.69) is 4.18 Å². The number of hydrogen-bond donors (Lipinski definition) is 0. The second-order valence-electron chi connectivity index (χ2n) is 1.75. The van der Waals surface area contributed by atoms with Crippen LogP contribution in [0.4, 0.5) is 0 Å². The van der Waals surface area contributed by atoms with Gasteiger partial charge in [-0.3, -0.25) is 4.79 Å². The van der Waals surface area contributed by atoms with Crippen LogP contribution in [0.3, 0.4) is 0 Å². The summed E-state index contributed by atoms with van der Waals surface area (Å²) in [7, 11) is 5.09. The Morgan fingerprint density at radius 3 is 1.64 bits per heavy atom. The van der Waals surface area contributed by atoms with Crippen LogP contribution in [-0.2, 0) is 8.98 Å². The van der Waals surface area contributed by atoms with Gasteiger partial charge in [-0.15, -0.1) is 0 Å². The third kappa shape index (κ3) is 25.9. The monoisotopic (exact) mass is 181 g/mol. The fraction of sp³-hybridized carbons (Fsp3) is 0.857. The van der Waals surface area contributed by atoms with Crippen LogP contribution in [0.15, 0.2) is 0 Å². The second-order valence-corrected chi connectivity index (χ2v) is 2.41. The van der Waals surface area contributed by atoms with Crippen molar-refractivity contribution in [2.45, 2.75) is 14.4 Å². The molecule has 0 spiro atoms. The van der Waals surface area contributed by atoms with Gasteiger partial charge in [0, 0.05) is 27.3 Å². The average molecular weight is 181 g/mol. The minimum atomic E-state index is 0. The molecule has 70 valence electrons. The lowest BCUT2D eigenvalue weighted by atomic mass is 10.7. The normalized spacial score (nSPS) is 7.00. The molecule has 0 aromatic rings. The van der Waals surface area contributed by atoms with Crippen LogP contribution in [0.25, 0.3) is 0 Å². The van der Waals surface area contributed by atoms with Crippen LogP contribution < -0.4 is 0 Å². The van der Waals surface area contributed by atoms with Crippen molar-refractivity contribution in [1.82, 2.24) is 4.90 Å². The van der Waals surface area contributed by atoms with Gasteiger partial charge in [0.15, 0.2) is 0 Å². The summed E-state index contributed by atoms with van der Waals surface area (Å²) in [6.45, 7) is 1.53. The molecule has 0 aliphatic carbocycles. The molecule has 0 aromatic heterocycles. The number of hydrogen-bond acceptors (Lipinski definition) is 3. The molecule has 0 unspecified atom stereocenters. The smallest absolute Gasteiger partial charge is 0.218 e. The first-order valence-corrected chi connectivity index (χ1v) is 3.96. The molecular formula is C7H19NO2S. The van der Waals surface area contributed by atoms with Crippen LogP contribution in [0.2, 0.25) is 0 Å². The molecule has 0 aliphatic rings. The van der Waals surface area contributed by atoms with Gasteiger partial charge in [-0.1, -0.05) is 7.43 Å². The summed E-state index contributed by atoms with van der Waals surface area (Å²) in [6, 6.07) is 0. The van der Waals surface area contributed by atoms with E-state index in [9.17, 15) is 4.79 Å². The minimum absolute atomic E-state index is 0. The third-order valence-corrected chi connectivity index (χ3v) is 1.13. The van der Waals surface area contributed by atoms with Crippen molar-refractivity contribution in [2.24, 2.45) is 0 Å². The van der Waals surface area contributed by atoms with Gasteiger partial charge in [0.05, 0.1) is 7.11 Å². The molecule has 0 aromatic carbocycles. The minimum Gasteiger partial charge on any atom is -0.349 e. The van der Waals surface area contributed by atoms with Gasteiger partial charge in [-0.2, -0.15) is 0 Å². The van der Waals surface area contributed by atoms with Crippen molar-refractivity contribution in [1.29, 1.82) is 0 Å². The summed E-state index contributed by atoms with van der Waals surface area (Å²) in [6.07, 6.45) is 1.88. The lowest BCUT2D eigenvalue weighted by molar-refractivity contribution is -0.126. The van der Waals surface area contributed by atoms with E-state index >= 15 is 0 Å². The maximum absolute atomic E-state index is 10.1. The molecule has 1 amide bonds. The highest BCUT2D eigenvalue weighted by Gasteiger charge is 1.87. The number of nitrogens with zero attached hydrogens (tertiary/aromatic N) is 1. The van der Waals surface area contributed by atoms with Gasteiger partial charge in [0.1, 0.15) is 0 Å². The van der Waals surface area contributed by atoms with Crippen molar-refractivity contribution in [3.63, 3.8) is 0 Å². The molecule has 3 nitrogen and oxygen atoms in total. The van der Waals surface area contributed by atoms with Gasteiger partial charge in [-0.25, -0.2) is 0 Å². The SMILES string of the molecule is C.CC(=O)N(C)C.COSC. The Hall–Kier alpha value is -0.220. The second kappa shape index (κ2) is 12.5. The molecule has 0 aliphatic heterocycles. The first kappa shape index (κ1) is 17.0. The Morgan fingerprint density at radius 2 is 1.64 bits per heavy atom. The van der Waals surface area contributed by atoms with Crippen molar-refractivity contribution in [3.05, 3.63) is 0 Å². The summed E-state index contributed by atoms with van der Waals surface area (Å²) >= 11 is 1.36. The van der Waals surface area contributed by atoms with E-state index in [0.717, 1.165) is 0 Å². The molecule has 0 N–H and O–H groups in total. The van der Waals surface area contributed by atoms with Crippen molar-refractivity contribution in [2.75, 3.05) is 27.5 Å². The summed E-state index contributed by atoms with van der Waals surface area (Å²) < 4.78 is 4.46. The van der Waals surface area contributed by atoms with E-state index in [4.69, 9.17) is 0 Å². The zero-order valence-electron chi connectivity index (χ0n) is 7.17. The van der Waals surface area contributed by atoms with Gasteiger partial charge in [0.2, 0.25) is 5.91 Å². The van der Waals surface area contributed by atoms with E-state index < -0.39 is 0 Å².